The van der Waals surface area contributed by atoms with Gasteiger partial charge < -0.3 is 34.3 Å². The van der Waals surface area contributed by atoms with Crippen molar-refractivity contribution >= 4 is 11.9 Å². The van der Waals surface area contributed by atoms with Crippen LogP contribution in [0.5, 0.6) is 0 Å². The maximum atomic E-state index is 9.72. The molecule has 0 aliphatic heterocycles. The Labute approximate surface area is 160 Å². The summed E-state index contributed by atoms with van der Waals surface area (Å²) in [5.41, 5.74) is 0. The maximum absolute atomic E-state index is 9.72. The highest BCUT2D eigenvalue weighted by Gasteiger charge is 2.16. The van der Waals surface area contributed by atoms with Crippen molar-refractivity contribution in [1.29, 1.82) is 0 Å². The zero-order valence-corrected chi connectivity index (χ0v) is 17.4. The second-order valence-electron chi connectivity index (χ2n) is 5.30. The van der Waals surface area contributed by atoms with Crippen molar-refractivity contribution in [3.05, 3.63) is 0 Å². The number of methoxy groups -OCH3 is 4. The van der Waals surface area contributed by atoms with Crippen molar-refractivity contribution in [3.63, 3.8) is 0 Å². The molecule has 5 unspecified atom stereocenters. The summed E-state index contributed by atoms with van der Waals surface area (Å²) >= 11 is 0. The third-order valence-electron chi connectivity index (χ3n) is 3.01. The number of carboxylic acids is 2. The molecule has 0 saturated carbocycles. The second kappa shape index (κ2) is 19.4. The van der Waals surface area contributed by atoms with Gasteiger partial charge in [-0.1, -0.05) is 0 Å². The Morgan fingerprint density at radius 1 is 0.741 bits per heavy atom. The molecule has 0 bridgehead atoms. The largest absolute Gasteiger partial charge is 0.481 e. The van der Waals surface area contributed by atoms with Gasteiger partial charge in [-0.05, 0) is 27.7 Å². The molecule has 0 rings (SSSR count). The molecular weight excluding hydrogens is 364 g/mol. The number of hydrogen-bond donors (Lipinski definition) is 5. The van der Waals surface area contributed by atoms with Crippen molar-refractivity contribution < 1.29 is 43.9 Å². The van der Waals surface area contributed by atoms with Crippen LogP contribution >= 0.6 is 0 Å². The first kappa shape index (κ1) is 30.4. The number of nitrogens with one attached hydrogen (secondary N) is 2. The number of aliphatic carboxylic acids is 2. The average molecular weight is 400 g/mol. The van der Waals surface area contributed by atoms with Crippen molar-refractivity contribution in [3.8, 4) is 0 Å². The standard InChI is InChI=1S/2C6H15NO2.C4H6O5/c2*1-5(8-3)7-6(2)9-4;5-2(4(8)9)1-3(6)7/h2*5-7H,1-4H3;2,5H,1H2,(H,6,7)(H,8,9). The van der Waals surface area contributed by atoms with E-state index in [0.29, 0.717) is 0 Å². The SMILES string of the molecule is COC(C)NC(C)OC.COC(C)NC(C)OC.O=C(O)CC(O)C(=O)O. The topological polar surface area (TPSA) is 156 Å². The number of hydrogen-bond acceptors (Lipinski definition) is 9. The molecule has 0 fully saturated rings. The highest BCUT2D eigenvalue weighted by Crippen LogP contribution is 1.89. The number of rotatable bonds is 11. The summed E-state index contributed by atoms with van der Waals surface area (Å²) in [4.78, 5) is 19.4. The summed E-state index contributed by atoms with van der Waals surface area (Å²) in [7, 11) is 6.61. The Morgan fingerprint density at radius 2 is 1.00 bits per heavy atom. The molecule has 0 aromatic heterocycles. The summed E-state index contributed by atoms with van der Waals surface area (Å²) in [6, 6.07) is 0. The Hall–Kier alpha value is -1.34. The Morgan fingerprint density at radius 3 is 1.11 bits per heavy atom. The normalized spacial score (nSPS) is 15.7. The highest BCUT2D eigenvalue weighted by atomic mass is 16.5. The maximum Gasteiger partial charge on any atom is 0.333 e. The minimum absolute atomic E-state index is 0.0555. The molecule has 5 atom stereocenters. The van der Waals surface area contributed by atoms with Crippen molar-refractivity contribution in [2.24, 2.45) is 0 Å². The van der Waals surface area contributed by atoms with Crippen molar-refractivity contribution in [2.75, 3.05) is 28.4 Å². The van der Waals surface area contributed by atoms with Gasteiger partial charge in [0.05, 0.1) is 6.42 Å². The number of aliphatic hydroxyl groups is 1. The summed E-state index contributed by atoms with van der Waals surface area (Å²) in [5, 5.41) is 30.2. The van der Waals surface area contributed by atoms with Crippen LogP contribution in [0.15, 0.2) is 0 Å². The Kier molecular flexibility index (Phi) is 21.9. The molecule has 11 nitrogen and oxygen atoms in total. The fourth-order valence-corrected chi connectivity index (χ4v) is 1.19. The van der Waals surface area contributed by atoms with Crippen LogP contribution in [-0.4, -0.2) is 86.7 Å². The van der Waals surface area contributed by atoms with E-state index in [1.165, 1.54) is 0 Å². The zero-order chi connectivity index (χ0) is 22.0. The van der Waals surface area contributed by atoms with E-state index in [9.17, 15) is 9.59 Å². The van der Waals surface area contributed by atoms with Gasteiger partial charge in [0, 0.05) is 28.4 Å². The van der Waals surface area contributed by atoms with Crippen molar-refractivity contribution in [2.45, 2.75) is 65.1 Å². The molecule has 0 spiro atoms. The first-order valence-electron chi connectivity index (χ1n) is 8.20. The van der Waals surface area contributed by atoms with Gasteiger partial charge in [0.15, 0.2) is 6.10 Å². The first-order chi connectivity index (χ1) is 12.4. The van der Waals surface area contributed by atoms with E-state index in [2.05, 4.69) is 10.6 Å². The molecule has 0 aromatic rings. The van der Waals surface area contributed by atoms with Crippen LogP contribution in [0.25, 0.3) is 0 Å². The van der Waals surface area contributed by atoms with Gasteiger partial charge in [0.1, 0.15) is 24.9 Å². The van der Waals surface area contributed by atoms with Crippen LogP contribution in [0.1, 0.15) is 34.1 Å². The molecule has 27 heavy (non-hydrogen) atoms. The molecule has 0 heterocycles. The van der Waals surface area contributed by atoms with Gasteiger partial charge in [-0.25, -0.2) is 4.79 Å². The van der Waals surface area contributed by atoms with Gasteiger partial charge >= 0.3 is 11.9 Å². The van der Waals surface area contributed by atoms with E-state index in [4.69, 9.17) is 34.3 Å². The smallest absolute Gasteiger partial charge is 0.333 e. The number of carboxylic acid groups (broad SMARTS) is 2. The van der Waals surface area contributed by atoms with E-state index in [0.717, 1.165) is 0 Å². The van der Waals surface area contributed by atoms with Gasteiger partial charge in [-0.2, -0.15) is 0 Å². The lowest BCUT2D eigenvalue weighted by Crippen LogP contribution is -2.36. The number of ether oxygens (including phenoxy) is 4. The van der Waals surface area contributed by atoms with E-state index in [1.54, 1.807) is 28.4 Å². The minimum atomic E-state index is -1.79. The molecule has 0 aliphatic carbocycles. The van der Waals surface area contributed by atoms with E-state index < -0.39 is 24.5 Å². The molecule has 0 aromatic carbocycles. The average Bonchev–Trinajstić information content (AvgIpc) is 2.61. The summed E-state index contributed by atoms with van der Waals surface area (Å²) in [5.74, 6) is -2.85. The lowest BCUT2D eigenvalue weighted by molar-refractivity contribution is -0.152. The highest BCUT2D eigenvalue weighted by molar-refractivity contribution is 5.79. The summed E-state index contributed by atoms with van der Waals surface area (Å²) < 4.78 is 19.7. The first-order valence-corrected chi connectivity index (χ1v) is 8.20. The second-order valence-corrected chi connectivity index (χ2v) is 5.30. The van der Waals surface area contributed by atoms with Crippen LogP contribution in [0.4, 0.5) is 0 Å². The van der Waals surface area contributed by atoms with Crippen LogP contribution in [0.3, 0.4) is 0 Å². The van der Waals surface area contributed by atoms with Gasteiger partial charge in [0.25, 0.3) is 0 Å². The predicted molar refractivity (Wildman–Crippen MR) is 98.1 cm³/mol. The molecule has 0 aliphatic rings. The van der Waals surface area contributed by atoms with E-state index in [-0.39, 0.29) is 24.9 Å². The Bertz CT molecular complexity index is 338. The molecule has 0 amide bonds. The summed E-state index contributed by atoms with van der Waals surface area (Å²) in [6.45, 7) is 7.70. The van der Waals surface area contributed by atoms with E-state index >= 15 is 0 Å². The van der Waals surface area contributed by atoms with Crippen molar-refractivity contribution in [1.82, 2.24) is 10.6 Å². The summed E-state index contributed by atoms with van der Waals surface area (Å²) in [6.07, 6.45) is -2.32. The number of carbonyl (C=O) groups is 2. The molecule has 5 N–H and O–H groups in total. The van der Waals surface area contributed by atoms with Crippen LogP contribution < -0.4 is 10.6 Å². The predicted octanol–water partition coefficient (Wildman–Crippen LogP) is 0.0282. The van der Waals surface area contributed by atoms with Crippen LogP contribution in [0, 0.1) is 0 Å². The van der Waals surface area contributed by atoms with Gasteiger partial charge in [-0.15, -0.1) is 0 Å². The minimum Gasteiger partial charge on any atom is -0.481 e. The molecule has 0 saturated heterocycles. The van der Waals surface area contributed by atoms with Gasteiger partial charge in [-0.3, -0.25) is 15.4 Å². The van der Waals surface area contributed by atoms with Crippen LogP contribution in [-0.2, 0) is 28.5 Å². The molecular formula is C16H36N2O9. The third kappa shape index (κ3) is 24.7. The lowest BCUT2D eigenvalue weighted by atomic mass is 10.3. The van der Waals surface area contributed by atoms with Gasteiger partial charge in [0.2, 0.25) is 0 Å². The zero-order valence-electron chi connectivity index (χ0n) is 17.4. The number of aliphatic hydroxyl groups excluding tert-OH is 1. The van der Waals surface area contributed by atoms with E-state index in [1.807, 2.05) is 27.7 Å². The quantitative estimate of drug-likeness (QED) is 0.298. The Balaban J connectivity index is -0.000000320. The third-order valence-corrected chi connectivity index (χ3v) is 3.01. The van der Waals surface area contributed by atoms with Crippen LogP contribution in [0.2, 0.25) is 0 Å². The molecule has 164 valence electrons. The fourth-order valence-electron chi connectivity index (χ4n) is 1.19. The lowest BCUT2D eigenvalue weighted by Gasteiger charge is -2.16. The molecule has 11 heteroatoms. The monoisotopic (exact) mass is 400 g/mol. The molecule has 0 radical (unpaired) electrons. The fraction of sp³-hybridized carbons (Fsp3) is 0.875.